The lowest BCUT2D eigenvalue weighted by Crippen LogP contribution is -1.84. The van der Waals surface area contributed by atoms with Crippen LogP contribution in [0.25, 0.3) is 0 Å². The summed E-state index contributed by atoms with van der Waals surface area (Å²) in [6, 6.07) is 1.86. The lowest BCUT2D eigenvalue weighted by molar-refractivity contribution is 0.112. The van der Waals surface area contributed by atoms with E-state index >= 15 is 0 Å². The van der Waals surface area contributed by atoms with Gasteiger partial charge in [0, 0.05) is 7.05 Å². The third-order valence-electron chi connectivity index (χ3n) is 1.29. The smallest absolute Gasteiger partial charge is 0.160 e. The van der Waals surface area contributed by atoms with E-state index in [9.17, 15) is 4.79 Å². The second-order valence-electron chi connectivity index (χ2n) is 1.92. The molecule has 0 amide bonds. The van der Waals surface area contributed by atoms with Crippen LogP contribution < -0.4 is 5.32 Å². The molecule has 2 nitrogen and oxygen atoms in total. The number of thiophene rings is 1. The van der Waals surface area contributed by atoms with Crippen LogP contribution in [0.4, 0.5) is 5.69 Å². The summed E-state index contributed by atoms with van der Waals surface area (Å²) in [4.78, 5) is 11.2. The van der Waals surface area contributed by atoms with Crippen LogP contribution in [0.15, 0.2) is 10.3 Å². The number of thioether (sulfide) groups is 1. The van der Waals surface area contributed by atoms with Crippen molar-refractivity contribution in [3.8, 4) is 0 Å². The van der Waals surface area contributed by atoms with E-state index < -0.39 is 0 Å². The molecule has 0 radical (unpaired) electrons. The summed E-state index contributed by atoms with van der Waals surface area (Å²) in [7, 11) is 1.86. The number of hydrogen-bond acceptors (Lipinski definition) is 4. The number of carbonyl (C=O) groups is 1. The summed E-state index contributed by atoms with van der Waals surface area (Å²) in [6.45, 7) is 0. The highest BCUT2D eigenvalue weighted by Gasteiger charge is 2.04. The molecule has 0 fully saturated rings. The third-order valence-corrected chi connectivity index (χ3v) is 3.48. The van der Waals surface area contributed by atoms with Gasteiger partial charge in [-0.1, -0.05) is 0 Å². The van der Waals surface area contributed by atoms with E-state index in [1.54, 1.807) is 11.8 Å². The molecule has 1 aromatic rings. The van der Waals surface area contributed by atoms with Gasteiger partial charge in [-0.15, -0.1) is 23.1 Å². The number of rotatable bonds is 3. The number of hydrogen-bond donors (Lipinski definition) is 1. The Morgan fingerprint density at radius 1 is 1.73 bits per heavy atom. The van der Waals surface area contributed by atoms with Crippen molar-refractivity contribution < 1.29 is 4.79 Å². The molecule has 4 heteroatoms. The molecule has 0 aromatic carbocycles. The average Bonchev–Trinajstić information content (AvgIpc) is 2.46. The third kappa shape index (κ3) is 1.75. The molecule has 1 N–H and O–H groups in total. The maximum atomic E-state index is 10.4. The predicted molar refractivity (Wildman–Crippen MR) is 51.0 cm³/mol. The Balaban J connectivity index is 3.01. The summed E-state index contributed by atoms with van der Waals surface area (Å²) in [6.07, 6.45) is 2.88. The van der Waals surface area contributed by atoms with Crippen molar-refractivity contribution in [2.24, 2.45) is 0 Å². The van der Waals surface area contributed by atoms with Crippen LogP contribution in [0.2, 0.25) is 0 Å². The second-order valence-corrected chi connectivity index (χ2v) is 4.08. The van der Waals surface area contributed by atoms with Gasteiger partial charge in [0.2, 0.25) is 0 Å². The summed E-state index contributed by atoms with van der Waals surface area (Å²) in [5.41, 5.74) is 1.05. The molecule has 0 spiro atoms. The van der Waals surface area contributed by atoms with Gasteiger partial charge < -0.3 is 5.32 Å². The highest BCUT2D eigenvalue weighted by molar-refractivity contribution is 8.00. The van der Waals surface area contributed by atoms with Gasteiger partial charge in [0.25, 0.3) is 0 Å². The van der Waals surface area contributed by atoms with Crippen LogP contribution in [0, 0.1) is 0 Å². The predicted octanol–water partition coefficient (Wildman–Crippen LogP) is 2.32. The molecule has 0 aliphatic rings. The topological polar surface area (TPSA) is 29.1 Å². The second kappa shape index (κ2) is 3.78. The van der Waals surface area contributed by atoms with Crippen LogP contribution in [0.1, 0.15) is 9.67 Å². The maximum Gasteiger partial charge on any atom is 0.160 e. The van der Waals surface area contributed by atoms with Crippen LogP contribution in [0.5, 0.6) is 0 Å². The standard InChI is InChI=1S/C7H9NOS2/c1-8-6-3-5(4-9)11-7(6)10-2/h3-4,8H,1-2H3. The zero-order chi connectivity index (χ0) is 8.27. The van der Waals surface area contributed by atoms with Crippen molar-refractivity contribution in [3.05, 3.63) is 10.9 Å². The van der Waals surface area contributed by atoms with Crippen molar-refractivity contribution >= 4 is 35.1 Å². The molecule has 11 heavy (non-hydrogen) atoms. The first-order valence-corrected chi connectivity index (χ1v) is 5.16. The van der Waals surface area contributed by atoms with E-state index in [0.29, 0.717) is 0 Å². The number of carbonyl (C=O) groups excluding carboxylic acids is 1. The van der Waals surface area contributed by atoms with E-state index in [2.05, 4.69) is 5.32 Å². The molecule has 0 bridgehead atoms. The van der Waals surface area contributed by atoms with Crippen LogP contribution in [0.3, 0.4) is 0 Å². The fourth-order valence-electron chi connectivity index (χ4n) is 0.777. The first-order chi connectivity index (χ1) is 5.31. The van der Waals surface area contributed by atoms with E-state index in [-0.39, 0.29) is 0 Å². The van der Waals surface area contributed by atoms with E-state index in [0.717, 1.165) is 21.1 Å². The minimum absolute atomic E-state index is 0.777. The molecule has 1 rings (SSSR count). The lowest BCUT2D eigenvalue weighted by atomic mass is 10.4. The largest absolute Gasteiger partial charge is 0.387 e. The Hall–Kier alpha value is -0.480. The molecule has 0 unspecified atom stereocenters. The Morgan fingerprint density at radius 2 is 2.45 bits per heavy atom. The number of aldehydes is 1. The van der Waals surface area contributed by atoms with Crippen molar-refractivity contribution in [1.82, 2.24) is 0 Å². The normalized spacial score (nSPS) is 9.64. The fraction of sp³-hybridized carbons (Fsp3) is 0.286. The van der Waals surface area contributed by atoms with Crippen LogP contribution >= 0.6 is 23.1 Å². The van der Waals surface area contributed by atoms with Gasteiger partial charge in [-0.3, -0.25) is 4.79 Å². The highest BCUT2D eigenvalue weighted by Crippen LogP contribution is 2.33. The van der Waals surface area contributed by atoms with Gasteiger partial charge in [-0.05, 0) is 12.3 Å². The molecular weight excluding hydrogens is 178 g/mol. The zero-order valence-corrected chi connectivity index (χ0v) is 8.01. The van der Waals surface area contributed by atoms with Gasteiger partial charge >= 0.3 is 0 Å². The van der Waals surface area contributed by atoms with Gasteiger partial charge in [0.15, 0.2) is 6.29 Å². The SMILES string of the molecule is CNc1cc(C=O)sc1SC. The molecule has 0 atom stereocenters. The Labute approximate surface area is 74.0 Å². The first kappa shape index (κ1) is 8.62. The van der Waals surface area contributed by atoms with Gasteiger partial charge in [0.05, 0.1) is 14.8 Å². The van der Waals surface area contributed by atoms with E-state index in [1.165, 1.54) is 11.3 Å². The van der Waals surface area contributed by atoms with Crippen molar-refractivity contribution in [3.63, 3.8) is 0 Å². The minimum atomic E-state index is 0.777. The van der Waals surface area contributed by atoms with Crippen molar-refractivity contribution in [2.45, 2.75) is 4.21 Å². The number of nitrogens with one attached hydrogen (secondary N) is 1. The van der Waals surface area contributed by atoms with Gasteiger partial charge in [0.1, 0.15) is 0 Å². The Kier molecular flexibility index (Phi) is 2.96. The first-order valence-electron chi connectivity index (χ1n) is 3.12. The summed E-state index contributed by atoms with van der Waals surface area (Å²) in [5.74, 6) is 0. The van der Waals surface area contributed by atoms with Gasteiger partial charge in [-0.25, -0.2) is 0 Å². The van der Waals surface area contributed by atoms with E-state index in [4.69, 9.17) is 0 Å². The number of anilines is 1. The molecular formula is C7H9NOS2. The Bertz CT molecular complexity index is 235. The summed E-state index contributed by atoms with van der Waals surface area (Å²) in [5, 5.41) is 3.03. The molecule has 60 valence electrons. The molecule has 1 heterocycles. The van der Waals surface area contributed by atoms with Crippen molar-refractivity contribution in [2.75, 3.05) is 18.6 Å². The quantitative estimate of drug-likeness (QED) is 0.581. The summed E-state index contributed by atoms with van der Waals surface area (Å²) < 4.78 is 1.16. The molecule has 0 saturated heterocycles. The van der Waals surface area contributed by atoms with E-state index in [1.807, 2.05) is 19.4 Å². The molecule has 0 aliphatic heterocycles. The highest BCUT2D eigenvalue weighted by atomic mass is 32.2. The summed E-state index contributed by atoms with van der Waals surface area (Å²) >= 11 is 3.17. The van der Waals surface area contributed by atoms with Gasteiger partial charge in [-0.2, -0.15) is 0 Å². The van der Waals surface area contributed by atoms with Crippen LogP contribution in [-0.2, 0) is 0 Å². The molecule has 0 aliphatic carbocycles. The average molecular weight is 187 g/mol. The van der Waals surface area contributed by atoms with Crippen molar-refractivity contribution in [1.29, 1.82) is 0 Å². The molecule has 1 aromatic heterocycles. The lowest BCUT2D eigenvalue weighted by Gasteiger charge is -1.95. The Morgan fingerprint density at radius 3 is 2.82 bits per heavy atom. The molecule has 0 saturated carbocycles. The maximum absolute atomic E-state index is 10.4. The minimum Gasteiger partial charge on any atom is -0.387 e. The fourth-order valence-corrected chi connectivity index (χ4v) is 2.49. The zero-order valence-electron chi connectivity index (χ0n) is 6.38. The van der Waals surface area contributed by atoms with Crippen LogP contribution in [-0.4, -0.2) is 19.6 Å². The monoisotopic (exact) mass is 187 g/mol.